The Morgan fingerprint density at radius 2 is 1.85 bits per heavy atom. The predicted molar refractivity (Wildman–Crippen MR) is 83.9 cm³/mol. The van der Waals surface area contributed by atoms with Crippen molar-refractivity contribution < 1.29 is 0 Å². The third-order valence-electron chi connectivity index (χ3n) is 5.08. The molecule has 1 aliphatic heterocycles. The molecule has 1 aromatic carbocycles. The van der Waals surface area contributed by atoms with Gasteiger partial charge in [0, 0.05) is 44.8 Å². The zero-order chi connectivity index (χ0) is 14.1. The van der Waals surface area contributed by atoms with Gasteiger partial charge in [-0.25, -0.2) is 0 Å². The number of nitrogens with two attached hydrogens (primary N) is 1. The molecule has 2 N–H and O–H groups in total. The fourth-order valence-electron chi connectivity index (χ4n) is 3.46. The standard InChI is InChI=1S/C17H27N3/c1-13-4-3-5-16(14(13)2)17(12-18)20-10-8-19(9-11-20)15-6-7-15/h3-5,15,17H,6-12,18H2,1-2H3. The average Bonchev–Trinajstić information content (AvgIpc) is 3.30. The van der Waals surface area contributed by atoms with Gasteiger partial charge in [0.1, 0.15) is 0 Å². The molecule has 1 saturated carbocycles. The highest BCUT2D eigenvalue weighted by molar-refractivity contribution is 5.35. The normalized spacial score (nSPS) is 22.9. The predicted octanol–water partition coefficient (Wildman–Crippen LogP) is 2.08. The van der Waals surface area contributed by atoms with Gasteiger partial charge in [-0.2, -0.15) is 0 Å². The molecule has 1 aliphatic carbocycles. The summed E-state index contributed by atoms with van der Waals surface area (Å²) in [5.41, 5.74) is 10.3. The Morgan fingerprint density at radius 3 is 2.45 bits per heavy atom. The summed E-state index contributed by atoms with van der Waals surface area (Å²) in [6, 6.07) is 7.90. The maximum atomic E-state index is 6.11. The van der Waals surface area contributed by atoms with Gasteiger partial charge in [-0.15, -0.1) is 0 Å². The Morgan fingerprint density at radius 1 is 1.15 bits per heavy atom. The van der Waals surface area contributed by atoms with Crippen LogP contribution in [0.25, 0.3) is 0 Å². The van der Waals surface area contributed by atoms with E-state index < -0.39 is 0 Å². The van der Waals surface area contributed by atoms with Crippen molar-refractivity contribution in [3.63, 3.8) is 0 Å². The van der Waals surface area contributed by atoms with Crippen LogP contribution in [0.1, 0.15) is 35.6 Å². The first kappa shape index (κ1) is 14.1. The van der Waals surface area contributed by atoms with E-state index in [1.165, 1.54) is 42.6 Å². The quantitative estimate of drug-likeness (QED) is 0.911. The van der Waals surface area contributed by atoms with Gasteiger partial charge in [0.15, 0.2) is 0 Å². The van der Waals surface area contributed by atoms with Crippen LogP contribution in [0.3, 0.4) is 0 Å². The van der Waals surface area contributed by atoms with Gasteiger partial charge in [0.05, 0.1) is 0 Å². The molecule has 0 amide bonds. The van der Waals surface area contributed by atoms with Crippen molar-refractivity contribution in [3.8, 4) is 0 Å². The van der Waals surface area contributed by atoms with E-state index in [9.17, 15) is 0 Å². The summed E-state index contributed by atoms with van der Waals surface area (Å²) >= 11 is 0. The van der Waals surface area contributed by atoms with E-state index in [4.69, 9.17) is 5.73 Å². The van der Waals surface area contributed by atoms with Crippen LogP contribution < -0.4 is 5.73 Å². The van der Waals surface area contributed by atoms with Gasteiger partial charge < -0.3 is 5.73 Å². The van der Waals surface area contributed by atoms with Crippen molar-refractivity contribution in [2.45, 2.75) is 38.8 Å². The molecule has 0 spiro atoms. The number of rotatable bonds is 4. The molecule has 2 aliphatic rings. The number of hydrogen-bond acceptors (Lipinski definition) is 3. The number of piperazine rings is 1. The average molecular weight is 273 g/mol. The largest absolute Gasteiger partial charge is 0.329 e. The summed E-state index contributed by atoms with van der Waals surface area (Å²) in [6.45, 7) is 9.88. The van der Waals surface area contributed by atoms with E-state index in [-0.39, 0.29) is 0 Å². The molecular weight excluding hydrogens is 246 g/mol. The molecular formula is C17H27N3. The highest BCUT2D eigenvalue weighted by Crippen LogP contribution is 2.30. The highest BCUT2D eigenvalue weighted by atomic mass is 15.3. The van der Waals surface area contributed by atoms with Gasteiger partial charge >= 0.3 is 0 Å². The van der Waals surface area contributed by atoms with Crippen LogP contribution in [0.15, 0.2) is 18.2 Å². The van der Waals surface area contributed by atoms with E-state index >= 15 is 0 Å². The summed E-state index contributed by atoms with van der Waals surface area (Å²) in [6.07, 6.45) is 2.83. The molecule has 3 rings (SSSR count). The molecule has 2 fully saturated rings. The lowest BCUT2D eigenvalue weighted by molar-refractivity contribution is 0.0936. The van der Waals surface area contributed by atoms with Crippen LogP contribution in [0.2, 0.25) is 0 Å². The zero-order valence-corrected chi connectivity index (χ0v) is 12.8. The molecule has 1 aromatic rings. The Hall–Kier alpha value is -0.900. The van der Waals surface area contributed by atoms with Gasteiger partial charge in [-0.1, -0.05) is 18.2 Å². The number of hydrogen-bond donors (Lipinski definition) is 1. The van der Waals surface area contributed by atoms with Crippen LogP contribution in [-0.4, -0.2) is 48.6 Å². The second-order valence-corrected chi connectivity index (χ2v) is 6.34. The lowest BCUT2D eigenvalue weighted by Gasteiger charge is -2.39. The number of benzene rings is 1. The zero-order valence-electron chi connectivity index (χ0n) is 12.8. The molecule has 0 aromatic heterocycles. The van der Waals surface area contributed by atoms with Crippen LogP contribution >= 0.6 is 0 Å². The summed E-state index contributed by atoms with van der Waals surface area (Å²) in [4.78, 5) is 5.24. The van der Waals surface area contributed by atoms with E-state index in [2.05, 4.69) is 41.8 Å². The second-order valence-electron chi connectivity index (χ2n) is 6.34. The molecule has 1 heterocycles. The molecule has 3 heteroatoms. The van der Waals surface area contributed by atoms with Crippen LogP contribution in [0, 0.1) is 13.8 Å². The Balaban J connectivity index is 1.71. The molecule has 1 unspecified atom stereocenters. The van der Waals surface area contributed by atoms with Gasteiger partial charge in [-0.05, 0) is 43.4 Å². The minimum Gasteiger partial charge on any atom is -0.329 e. The van der Waals surface area contributed by atoms with Crippen molar-refractivity contribution in [2.75, 3.05) is 32.7 Å². The van der Waals surface area contributed by atoms with Crippen LogP contribution in [-0.2, 0) is 0 Å². The summed E-state index contributed by atoms with van der Waals surface area (Å²) in [7, 11) is 0. The molecule has 3 nitrogen and oxygen atoms in total. The van der Waals surface area contributed by atoms with Crippen LogP contribution in [0.4, 0.5) is 0 Å². The fourth-order valence-corrected chi connectivity index (χ4v) is 3.46. The highest BCUT2D eigenvalue weighted by Gasteiger charge is 2.33. The third-order valence-corrected chi connectivity index (χ3v) is 5.08. The monoisotopic (exact) mass is 273 g/mol. The Bertz CT molecular complexity index is 459. The summed E-state index contributed by atoms with van der Waals surface area (Å²) < 4.78 is 0. The summed E-state index contributed by atoms with van der Waals surface area (Å²) in [5, 5.41) is 0. The Labute approximate surface area is 122 Å². The minimum atomic E-state index is 0.385. The van der Waals surface area contributed by atoms with E-state index in [1.54, 1.807) is 0 Å². The van der Waals surface area contributed by atoms with Crippen molar-refractivity contribution in [1.82, 2.24) is 9.80 Å². The number of aryl methyl sites for hydroxylation is 1. The Kier molecular flexibility index (Phi) is 4.11. The lowest BCUT2D eigenvalue weighted by Crippen LogP contribution is -2.49. The van der Waals surface area contributed by atoms with Gasteiger partial charge in [-0.3, -0.25) is 9.80 Å². The molecule has 110 valence electrons. The molecule has 0 radical (unpaired) electrons. The van der Waals surface area contributed by atoms with Crippen molar-refractivity contribution in [2.24, 2.45) is 5.73 Å². The van der Waals surface area contributed by atoms with Crippen LogP contribution in [0.5, 0.6) is 0 Å². The van der Waals surface area contributed by atoms with E-state index in [0.29, 0.717) is 12.6 Å². The fraction of sp³-hybridized carbons (Fsp3) is 0.647. The SMILES string of the molecule is Cc1cccc(C(CN)N2CCN(C3CC3)CC2)c1C. The van der Waals surface area contributed by atoms with Crippen molar-refractivity contribution >= 4 is 0 Å². The first-order chi connectivity index (χ1) is 9.70. The van der Waals surface area contributed by atoms with Gasteiger partial charge in [0.2, 0.25) is 0 Å². The minimum absolute atomic E-state index is 0.385. The first-order valence-corrected chi connectivity index (χ1v) is 7.95. The topological polar surface area (TPSA) is 32.5 Å². The molecule has 1 atom stereocenters. The maximum Gasteiger partial charge on any atom is 0.0474 e. The van der Waals surface area contributed by atoms with Crippen molar-refractivity contribution in [1.29, 1.82) is 0 Å². The third kappa shape index (κ3) is 2.76. The first-order valence-electron chi connectivity index (χ1n) is 7.95. The maximum absolute atomic E-state index is 6.11. The molecule has 0 bridgehead atoms. The second kappa shape index (κ2) is 5.84. The number of nitrogens with zero attached hydrogens (tertiary/aromatic N) is 2. The lowest BCUT2D eigenvalue weighted by atomic mass is 9.96. The van der Waals surface area contributed by atoms with E-state index in [1.807, 2.05) is 0 Å². The van der Waals surface area contributed by atoms with E-state index in [0.717, 1.165) is 19.1 Å². The summed E-state index contributed by atoms with van der Waals surface area (Å²) in [5.74, 6) is 0. The smallest absolute Gasteiger partial charge is 0.0474 e. The van der Waals surface area contributed by atoms with Gasteiger partial charge in [0.25, 0.3) is 0 Å². The molecule has 20 heavy (non-hydrogen) atoms. The van der Waals surface area contributed by atoms with Crippen molar-refractivity contribution in [3.05, 3.63) is 34.9 Å². The molecule has 1 saturated heterocycles.